The van der Waals surface area contributed by atoms with Gasteiger partial charge in [-0.15, -0.1) is 11.3 Å². The maximum Gasteiger partial charge on any atom is 0.0636 e. The molecule has 106 valence electrons. The minimum atomic E-state index is 0.652. The molecule has 2 aliphatic rings. The lowest BCUT2D eigenvalue weighted by molar-refractivity contribution is 0.299. The van der Waals surface area contributed by atoms with Crippen LogP contribution >= 0.6 is 22.9 Å². The number of rotatable bonds is 3. The Morgan fingerprint density at radius 3 is 3.05 bits per heavy atom. The number of hydrogen-bond acceptors (Lipinski definition) is 3. The fourth-order valence-electron chi connectivity index (χ4n) is 3.72. The predicted octanol–water partition coefficient (Wildman–Crippen LogP) is 3.88. The highest BCUT2D eigenvalue weighted by atomic mass is 35.5. The molecule has 2 fully saturated rings. The van der Waals surface area contributed by atoms with E-state index in [0.29, 0.717) is 6.04 Å². The molecular weight excluding hydrogens is 288 g/mol. The molecule has 0 saturated carbocycles. The third kappa shape index (κ3) is 2.17. The number of benzene rings is 1. The summed E-state index contributed by atoms with van der Waals surface area (Å²) in [5.41, 5.74) is 0. The molecule has 1 aromatic carbocycles. The number of hydrogen-bond donors (Lipinski definition) is 1. The molecule has 2 aromatic rings. The van der Waals surface area contributed by atoms with Gasteiger partial charge in [-0.2, -0.15) is 0 Å². The number of nitrogens with zero attached hydrogens (tertiary/aromatic N) is 1. The number of fused-ring (bicyclic) bond motifs is 2. The SMILES string of the molecule is Clc1c(CNC2CCN3CCCC23)sc2ccccc12. The molecule has 2 saturated heterocycles. The van der Waals surface area contributed by atoms with Gasteiger partial charge in [-0.25, -0.2) is 0 Å². The lowest BCUT2D eigenvalue weighted by Crippen LogP contribution is -2.38. The van der Waals surface area contributed by atoms with Crippen LogP contribution in [-0.2, 0) is 6.54 Å². The third-order valence-corrected chi connectivity index (χ3v) is 6.45. The second-order valence-electron chi connectivity index (χ2n) is 5.86. The van der Waals surface area contributed by atoms with E-state index < -0.39 is 0 Å². The van der Waals surface area contributed by atoms with Crippen molar-refractivity contribution in [2.45, 2.75) is 37.9 Å². The fourth-order valence-corrected chi connectivity index (χ4v) is 5.17. The molecule has 2 atom stereocenters. The highest BCUT2D eigenvalue weighted by Crippen LogP contribution is 2.35. The van der Waals surface area contributed by atoms with E-state index in [1.807, 2.05) is 11.3 Å². The van der Waals surface area contributed by atoms with Crippen molar-refractivity contribution < 1.29 is 0 Å². The van der Waals surface area contributed by atoms with E-state index in [1.165, 1.54) is 47.3 Å². The molecular formula is C16H19ClN2S. The van der Waals surface area contributed by atoms with Gasteiger partial charge in [-0.1, -0.05) is 29.8 Å². The Morgan fingerprint density at radius 2 is 2.15 bits per heavy atom. The minimum absolute atomic E-state index is 0.652. The van der Waals surface area contributed by atoms with Crippen LogP contribution in [0.25, 0.3) is 10.1 Å². The molecule has 1 aromatic heterocycles. The van der Waals surface area contributed by atoms with Gasteiger partial charge < -0.3 is 5.32 Å². The number of thiophene rings is 1. The Kier molecular flexibility index (Phi) is 3.47. The molecule has 2 aliphatic heterocycles. The average molecular weight is 307 g/mol. The molecule has 2 nitrogen and oxygen atoms in total. The summed E-state index contributed by atoms with van der Waals surface area (Å²) >= 11 is 8.34. The largest absolute Gasteiger partial charge is 0.307 e. The van der Waals surface area contributed by atoms with E-state index in [-0.39, 0.29) is 0 Å². The van der Waals surface area contributed by atoms with Crippen LogP contribution in [0.5, 0.6) is 0 Å². The molecule has 3 heterocycles. The first-order valence-electron chi connectivity index (χ1n) is 7.46. The summed E-state index contributed by atoms with van der Waals surface area (Å²) in [6, 6.07) is 9.84. The van der Waals surface area contributed by atoms with Gasteiger partial charge in [0, 0.05) is 40.1 Å². The molecule has 1 N–H and O–H groups in total. The summed E-state index contributed by atoms with van der Waals surface area (Å²) in [5.74, 6) is 0. The van der Waals surface area contributed by atoms with Crippen LogP contribution in [0.15, 0.2) is 24.3 Å². The van der Waals surface area contributed by atoms with E-state index >= 15 is 0 Å². The highest BCUT2D eigenvalue weighted by molar-refractivity contribution is 7.19. The van der Waals surface area contributed by atoms with Crippen molar-refractivity contribution in [1.29, 1.82) is 0 Å². The van der Waals surface area contributed by atoms with Crippen molar-refractivity contribution in [2.75, 3.05) is 13.1 Å². The zero-order chi connectivity index (χ0) is 13.5. The topological polar surface area (TPSA) is 15.3 Å². The number of halogens is 1. The predicted molar refractivity (Wildman–Crippen MR) is 86.7 cm³/mol. The van der Waals surface area contributed by atoms with Crippen LogP contribution in [0, 0.1) is 0 Å². The summed E-state index contributed by atoms with van der Waals surface area (Å²) in [5, 5.41) is 5.90. The first kappa shape index (κ1) is 13.1. The van der Waals surface area contributed by atoms with Crippen molar-refractivity contribution >= 4 is 33.0 Å². The fraction of sp³-hybridized carbons (Fsp3) is 0.500. The van der Waals surface area contributed by atoms with Gasteiger partial charge in [0.2, 0.25) is 0 Å². The molecule has 0 spiro atoms. The van der Waals surface area contributed by atoms with Crippen LogP contribution in [0.4, 0.5) is 0 Å². The van der Waals surface area contributed by atoms with E-state index in [0.717, 1.165) is 17.6 Å². The van der Waals surface area contributed by atoms with E-state index in [4.69, 9.17) is 11.6 Å². The van der Waals surface area contributed by atoms with Crippen molar-refractivity contribution in [1.82, 2.24) is 10.2 Å². The molecule has 0 aliphatic carbocycles. The van der Waals surface area contributed by atoms with Crippen LogP contribution in [0.2, 0.25) is 5.02 Å². The van der Waals surface area contributed by atoms with Gasteiger partial charge in [-0.05, 0) is 31.9 Å². The Balaban J connectivity index is 1.49. The normalized spacial score (nSPS) is 26.4. The van der Waals surface area contributed by atoms with Crippen LogP contribution in [-0.4, -0.2) is 30.1 Å². The maximum absolute atomic E-state index is 6.51. The highest BCUT2D eigenvalue weighted by Gasteiger charge is 2.36. The van der Waals surface area contributed by atoms with Gasteiger partial charge in [-0.3, -0.25) is 4.90 Å². The molecule has 4 rings (SSSR count). The third-order valence-electron chi connectivity index (χ3n) is 4.73. The van der Waals surface area contributed by atoms with Gasteiger partial charge in [0.25, 0.3) is 0 Å². The Labute approximate surface area is 128 Å². The van der Waals surface area contributed by atoms with Gasteiger partial charge in [0.15, 0.2) is 0 Å². The van der Waals surface area contributed by atoms with Crippen LogP contribution in [0.3, 0.4) is 0 Å². The first-order chi connectivity index (χ1) is 9.83. The molecule has 2 unspecified atom stereocenters. The van der Waals surface area contributed by atoms with Crippen LogP contribution in [0.1, 0.15) is 24.1 Å². The standard InChI is InChI=1S/C16H19ClN2S/c17-16-11-4-1-2-6-14(11)20-15(16)10-18-12-7-9-19-8-3-5-13(12)19/h1-2,4,6,12-13,18H,3,5,7-10H2. The van der Waals surface area contributed by atoms with Crippen molar-refractivity contribution in [3.8, 4) is 0 Å². The van der Waals surface area contributed by atoms with Crippen molar-refractivity contribution in [2.24, 2.45) is 0 Å². The van der Waals surface area contributed by atoms with E-state index in [9.17, 15) is 0 Å². The van der Waals surface area contributed by atoms with E-state index in [2.05, 4.69) is 34.5 Å². The summed E-state index contributed by atoms with van der Waals surface area (Å²) in [6.07, 6.45) is 4.01. The van der Waals surface area contributed by atoms with Gasteiger partial charge in [0.05, 0.1) is 5.02 Å². The zero-order valence-corrected chi connectivity index (χ0v) is 13.0. The Morgan fingerprint density at radius 1 is 1.25 bits per heavy atom. The van der Waals surface area contributed by atoms with Gasteiger partial charge in [0.1, 0.15) is 0 Å². The van der Waals surface area contributed by atoms with E-state index in [1.54, 1.807) is 0 Å². The number of nitrogens with one attached hydrogen (secondary N) is 1. The molecule has 0 bridgehead atoms. The Bertz CT molecular complexity index is 624. The minimum Gasteiger partial charge on any atom is -0.307 e. The molecule has 4 heteroatoms. The molecule has 20 heavy (non-hydrogen) atoms. The zero-order valence-electron chi connectivity index (χ0n) is 11.4. The first-order valence-corrected chi connectivity index (χ1v) is 8.66. The summed E-state index contributed by atoms with van der Waals surface area (Å²) in [6.45, 7) is 3.47. The molecule has 0 amide bonds. The smallest absolute Gasteiger partial charge is 0.0636 e. The second-order valence-corrected chi connectivity index (χ2v) is 7.37. The maximum atomic E-state index is 6.51. The van der Waals surface area contributed by atoms with Crippen molar-refractivity contribution in [3.63, 3.8) is 0 Å². The summed E-state index contributed by atoms with van der Waals surface area (Å²) in [4.78, 5) is 3.92. The lowest BCUT2D eigenvalue weighted by atomic mass is 10.1. The molecule has 0 radical (unpaired) electrons. The second kappa shape index (κ2) is 5.30. The average Bonchev–Trinajstić information content (AvgIpc) is 3.13. The lowest BCUT2D eigenvalue weighted by Gasteiger charge is -2.21. The summed E-state index contributed by atoms with van der Waals surface area (Å²) < 4.78 is 1.29. The Hall–Kier alpha value is -0.610. The quantitative estimate of drug-likeness (QED) is 0.926. The van der Waals surface area contributed by atoms with Crippen molar-refractivity contribution in [3.05, 3.63) is 34.2 Å². The van der Waals surface area contributed by atoms with Gasteiger partial charge >= 0.3 is 0 Å². The monoisotopic (exact) mass is 306 g/mol. The summed E-state index contributed by atoms with van der Waals surface area (Å²) in [7, 11) is 0. The van der Waals surface area contributed by atoms with Crippen LogP contribution < -0.4 is 5.32 Å².